The molecule has 106 heavy (non-hydrogen) atoms. The molecular weight excluding hydrogens is 1530 g/mol. The van der Waals surface area contributed by atoms with Gasteiger partial charge in [0.15, 0.2) is 8.32 Å². The Morgan fingerprint density at radius 1 is 0.585 bits per heavy atom. The van der Waals surface area contributed by atoms with Crippen molar-refractivity contribution in [2.24, 2.45) is 0 Å². The number of phosphoric ester groups is 1. The Labute approximate surface area is 616 Å². The van der Waals surface area contributed by atoms with Crippen molar-refractivity contribution in [3.63, 3.8) is 0 Å². The molecule has 3 saturated heterocycles. The minimum atomic E-state index is -5.73. The number of nitrogens with one attached hydrogen (secondary N) is 2. The van der Waals surface area contributed by atoms with Gasteiger partial charge in [-0.25, -0.2) is 32.9 Å². The minimum Gasteiger partial charge on any atom is -0.443 e. The Morgan fingerprint density at radius 2 is 1.02 bits per heavy atom. The summed E-state index contributed by atoms with van der Waals surface area (Å²) in [6.07, 6.45) is -3.22. The van der Waals surface area contributed by atoms with Gasteiger partial charge in [-0.1, -0.05) is 153 Å². The predicted molar refractivity (Wildman–Crippen MR) is 389 cm³/mol. The lowest BCUT2D eigenvalue weighted by molar-refractivity contribution is -0.0461. The number of aromatic amines is 2. The zero-order valence-corrected chi connectivity index (χ0v) is 64.7. The summed E-state index contributed by atoms with van der Waals surface area (Å²) in [4.78, 5) is 129. The fourth-order valence-corrected chi connectivity index (χ4v) is 16.0. The quantitative estimate of drug-likeness (QED) is 0.0148. The first kappa shape index (κ1) is 84.8. The Kier molecular flexibility index (Phi) is 28.9. The van der Waals surface area contributed by atoms with E-state index in [0.717, 1.165) is 44.4 Å². The van der Waals surface area contributed by atoms with Gasteiger partial charge in [-0.2, -0.15) is 13.2 Å². The highest BCUT2D eigenvalue weighted by molar-refractivity contribution is 9.08. The molecule has 3 fully saturated rings. The molecule has 0 aliphatic carbocycles. The van der Waals surface area contributed by atoms with Crippen LogP contribution in [0.25, 0.3) is 22.3 Å². The average molecular weight is 1620 g/mol. The maximum atomic E-state index is 13.2. The van der Waals surface area contributed by atoms with Gasteiger partial charge in [0, 0.05) is 48.7 Å². The standard InChI is InChI=1S/C23H27N2O15P3.C23H24N2O6.C22H37BrN2O6Si/c26-19-10-21(38-20(19)14-37-42(32,33)40-43(34,35)39-41(29,30)31)25-11-17(22(27)24-23(25)28)13-36-12-16-8-4-5-9-18(16)15-6-2-1-3-7-15;26-12-20-19(27)10-21(31-20)25-11-17(22(28)24-23(25)29)14-30-13-16-8-4-5-9-18(16)15-6-2-1-3-7-15;1-10-15-16(31-32(8,9)22(5,6)7)11-17(29-15)24-13-14(12-23)18(26)25(19(24)27)20(28)30-21(2,3)4/h1-9,11,19-21,26H,10,12-14H2,(H,32,33)(H,34,35)(H,24,27,28)(H2,29,30,31);1-9,11,19-21,26-27H,10,12-14H2,(H,24,28,29);13,15-17H,10-12H2,1-9H3/t2*19-,20-,21-;15-,16-,17-/m111/s1. The van der Waals surface area contributed by atoms with E-state index in [0.29, 0.717) is 11.0 Å². The number of benzene rings is 4. The molecule has 11 atom stereocenters. The number of nitrogens with zero attached hydrogens (tertiary/aromatic N) is 4. The summed E-state index contributed by atoms with van der Waals surface area (Å²) < 4.78 is 90.8. The van der Waals surface area contributed by atoms with Crippen LogP contribution < -0.4 is 33.7 Å². The molecule has 0 saturated carbocycles. The number of aromatic nitrogens is 6. The van der Waals surface area contributed by atoms with Crippen LogP contribution in [0.15, 0.2) is 157 Å². The van der Waals surface area contributed by atoms with E-state index in [9.17, 15) is 72.4 Å². The fourth-order valence-electron chi connectivity index (χ4n) is 11.2. The second kappa shape index (κ2) is 36.1. The highest BCUT2D eigenvalue weighted by atomic mass is 79.9. The molecule has 33 nitrogen and oxygen atoms in total. The van der Waals surface area contributed by atoms with E-state index >= 15 is 0 Å². The SMILES string of the molecule is CC[C@H]1O[C@@H](n2cc(CBr)c(=O)n(C(=O)OC(C)(C)C)c2=O)C[C@H]1O[Si](C)(C)C(C)(C)C.O=c1[nH]c(=O)n([C@H]2C[C@@H](O)[C@@H](CO)O2)cc1COCc1ccccc1-c1ccccc1.O=c1[nH]c(=O)n([C@H]2C[C@@H](O)[C@@H](COP(=O)(O)OP(=O)(O)OP(=O)(O)O)O2)cc1COCc1ccccc1-c1ccccc1. The lowest BCUT2D eigenvalue weighted by Crippen LogP contribution is -2.47. The van der Waals surface area contributed by atoms with Crippen molar-refractivity contribution >= 4 is 53.8 Å². The number of aliphatic hydroxyl groups is 3. The maximum Gasteiger partial charge on any atom is 0.490 e. The third-order valence-corrected chi connectivity index (χ3v) is 26.3. The first-order valence-electron chi connectivity index (χ1n) is 33.4. The molecule has 6 heterocycles. The van der Waals surface area contributed by atoms with Gasteiger partial charge in [-0.3, -0.25) is 42.6 Å². The number of aliphatic hydroxyl groups excluding tert-OH is 3. The van der Waals surface area contributed by atoms with Gasteiger partial charge in [0.1, 0.15) is 36.5 Å². The van der Waals surface area contributed by atoms with Crippen LogP contribution in [-0.2, 0) is 91.4 Å². The number of alkyl halides is 1. The summed E-state index contributed by atoms with van der Waals surface area (Å²) in [7, 11) is -18.8. The highest BCUT2D eigenvalue weighted by Crippen LogP contribution is 2.66. The van der Waals surface area contributed by atoms with E-state index in [1.807, 2.05) is 116 Å². The second-order valence-corrected chi connectivity index (χ2v) is 37.1. The van der Waals surface area contributed by atoms with Crippen LogP contribution in [0.1, 0.15) is 121 Å². The normalized spacial score (nSPS) is 21.6. The van der Waals surface area contributed by atoms with Gasteiger partial charge in [-0.05, 0) is 78.7 Å². The number of ether oxygens (including phenoxy) is 6. The lowest BCUT2D eigenvalue weighted by Gasteiger charge is -2.39. The van der Waals surface area contributed by atoms with E-state index < -0.39 is 127 Å². The fraction of sp³-hybridized carbons (Fsp3) is 0.456. The molecule has 0 amide bonds. The van der Waals surface area contributed by atoms with Gasteiger partial charge in [0.25, 0.3) is 16.7 Å². The van der Waals surface area contributed by atoms with Crippen molar-refractivity contribution in [3.05, 3.63) is 218 Å². The Bertz CT molecular complexity index is 4710. The Balaban J connectivity index is 0.000000205. The van der Waals surface area contributed by atoms with Crippen LogP contribution in [0.2, 0.25) is 18.1 Å². The lowest BCUT2D eigenvalue weighted by atomic mass is 10.0. The van der Waals surface area contributed by atoms with Crippen molar-refractivity contribution in [2.75, 3.05) is 13.2 Å². The second-order valence-electron chi connectivity index (χ2n) is 27.4. The topological polar surface area (TPSA) is 456 Å². The van der Waals surface area contributed by atoms with Crippen molar-refractivity contribution in [3.8, 4) is 22.3 Å². The third-order valence-electron chi connectivity index (χ3n) is 17.4. The minimum absolute atomic E-state index is 0.00254. The van der Waals surface area contributed by atoms with Crippen LogP contribution >= 0.6 is 39.4 Å². The van der Waals surface area contributed by atoms with Crippen molar-refractivity contribution in [1.82, 2.24) is 28.2 Å². The molecular formula is C68H88BrN6O27P3Si. The number of carbonyl (C=O) groups excluding carboxylic acids is 1. The smallest absolute Gasteiger partial charge is 0.443 e. The molecule has 4 aromatic carbocycles. The third kappa shape index (κ3) is 22.9. The van der Waals surface area contributed by atoms with Crippen molar-refractivity contribution in [1.29, 1.82) is 0 Å². The summed E-state index contributed by atoms with van der Waals surface area (Å²) in [6, 6.07) is 35.0. The monoisotopic (exact) mass is 1620 g/mol. The number of hydrogen-bond donors (Lipinski definition) is 9. The van der Waals surface area contributed by atoms with E-state index in [2.05, 4.69) is 72.9 Å². The largest absolute Gasteiger partial charge is 0.490 e. The molecule has 3 aliphatic heterocycles. The van der Waals surface area contributed by atoms with E-state index in [1.54, 1.807) is 20.8 Å². The van der Waals surface area contributed by atoms with E-state index in [1.165, 1.54) is 27.7 Å². The van der Waals surface area contributed by atoms with Crippen molar-refractivity contribution < 1.29 is 99.4 Å². The molecule has 9 N–H and O–H groups in total. The number of carbonyl (C=O) groups is 1. The van der Waals surface area contributed by atoms with Gasteiger partial charge in [0.05, 0.1) is 75.2 Å². The van der Waals surface area contributed by atoms with Crippen LogP contribution in [0.5, 0.6) is 0 Å². The summed E-state index contributed by atoms with van der Waals surface area (Å²) in [5.41, 5.74) is 1.39. The summed E-state index contributed by atoms with van der Waals surface area (Å²) >= 11 is 3.28. The number of halogens is 1. The highest BCUT2D eigenvalue weighted by Gasteiger charge is 2.46. The molecule has 0 radical (unpaired) electrons. The number of hydrogen-bond acceptors (Lipinski definition) is 23. The van der Waals surface area contributed by atoms with Crippen LogP contribution in [-0.4, -0.2) is 133 Å². The molecule has 578 valence electrons. The summed E-state index contributed by atoms with van der Waals surface area (Å²) in [6.45, 7) is 16.9. The van der Waals surface area contributed by atoms with Crippen LogP contribution in [0.4, 0.5) is 4.79 Å². The number of H-pyrrole nitrogens is 2. The zero-order chi connectivity index (χ0) is 77.9. The Hall–Kier alpha value is -6.86. The zero-order valence-electron chi connectivity index (χ0n) is 59.4. The average Bonchev–Trinajstić information content (AvgIpc) is 1.51. The molecule has 7 aromatic rings. The summed E-state index contributed by atoms with van der Waals surface area (Å²) in [5, 5.41) is 29.7. The Morgan fingerprint density at radius 3 is 1.46 bits per heavy atom. The van der Waals surface area contributed by atoms with E-state index in [-0.39, 0.29) is 85.1 Å². The number of rotatable bonds is 25. The van der Waals surface area contributed by atoms with Crippen LogP contribution in [0.3, 0.4) is 0 Å². The first-order valence-corrected chi connectivity index (χ1v) is 41.9. The number of phosphoric acid groups is 3. The molecule has 3 aliphatic rings. The predicted octanol–water partition coefficient (Wildman–Crippen LogP) is 8.25. The molecule has 0 spiro atoms. The van der Waals surface area contributed by atoms with E-state index in [4.69, 9.17) is 42.6 Å². The molecule has 0 bridgehead atoms. The van der Waals surface area contributed by atoms with Crippen LogP contribution in [0, 0.1) is 0 Å². The molecule has 38 heteroatoms. The van der Waals surface area contributed by atoms with Gasteiger partial charge in [-0.15, -0.1) is 0 Å². The molecule has 2 unspecified atom stereocenters. The van der Waals surface area contributed by atoms with Gasteiger partial charge < -0.3 is 67.7 Å². The molecule has 3 aromatic heterocycles. The molecule has 10 rings (SSSR count). The van der Waals surface area contributed by atoms with Crippen molar-refractivity contribution in [2.45, 2.75) is 185 Å². The summed E-state index contributed by atoms with van der Waals surface area (Å²) in [5.74, 6) is 0. The van der Waals surface area contributed by atoms with Gasteiger partial charge in [0.2, 0.25) is 0 Å². The van der Waals surface area contributed by atoms with Gasteiger partial charge >= 0.3 is 46.6 Å². The first-order chi connectivity index (χ1) is 49.7. The maximum absolute atomic E-state index is 13.2.